The standard InChI is InChI=1S/C17H22N2O/c1-14(15-9-11-18-12-10-15)19-17(8-5-13-20)16-6-3-2-4-7-16/h2-4,6-7,9-12,14,17,19-20H,5,8,13H2,1H3. The Hall–Kier alpha value is -1.71. The highest BCUT2D eigenvalue weighted by molar-refractivity contribution is 5.21. The van der Waals surface area contributed by atoms with Crippen molar-refractivity contribution < 1.29 is 5.11 Å². The molecule has 0 spiro atoms. The summed E-state index contributed by atoms with van der Waals surface area (Å²) in [5.74, 6) is 0. The Kier molecular flexibility index (Phi) is 5.71. The molecule has 0 aliphatic rings. The fourth-order valence-corrected chi connectivity index (χ4v) is 2.38. The van der Waals surface area contributed by atoms with Gasteiger partial charge in [0.2, 0.25) is 0 Å². The zero-order valence-electron chi connectivity index (χ0n) is 11.9. The molecule has 106 valence electrons. The van der Waals surface area contributed by atoms with Gasteiger partial charge in [-0.1, -0.05) is 30.3 Å². The Morgan fingerprint density at radius 2 is 1.75 bits per heavy atom. The van der Waals surface area contributed by atoms with Crippen molar-refractivity contribution in [2.24, 2.45) is 0 Å². The lowest BCUT2D eigenvalue weighted by Gasteiger charge is -2.24. The Morgan fingerprint density at radius 1 is 1.05 bits per heavy atom. The van der Waals surface area contributed by atoms with Crippen LogP contribution >= 0.6 is 0 Å². The van der Waals surface area contributed by atoms with Crippen LogP contribution in [0.15, 0.2) is 54.9 Å². The molecule has 2 rings (SSSR count). The smallest absolute Gasteiger partial charge is 0.0431 e. The molecule has 1 aromatic heterocycles. The van der Waals surface area contributed by atoms with E-state index in [4.69, 9.17) is 5.11 Å². The largest absolute Gasteiger partial charge is 0.396 e. The Morgan fingerprint density at radius 3 is 2.40 bits per heavy atom. The number of rotatable bonds is 7. The topological polar surface area (TPSA) is 45.1 Å². The number of aliphatic hydroxyl groups is 1. The number of nitrogens with one attached hydrogen (secondary N) is 1. The van der Waals surface area contributed by atoms with Gasteiger partial charge in [0, 0.05) is 31.1 Å². The monoisotopic (exact) mass is 270 g/mol. The van der Waals surface area contributed by atoms with Crippen molar-refractivity contribution in [1.82, 2.24) is 10.3 Å². The van der Waals surface area contributed by atoms with Crippen molar-refractivity contribution in [2.45, 2.75) is 31.8 Å². The van der Waals surface area contributed by atoms with Crippen molar-refractivity contribution in [3.63, 3.8) is 0 Å². The molecule has 0 aliphatic heterocycles. The van der Waals surface area contributed by atoms with Crippen LogP contribution in [-0.2, 0) is 0 Å². The van der Waals surface area contributed by atoms with E-state index in [0.29, 0.717) is 0 Å². The summed E-state index contributed by atoms with van der Waals surface area (Å²) < 4.78 is 0. The zero-order valence-corrected chi connectivity index (χ0v) is 11.9. The van der Waals surface area contributed by atoms with E-state index >= 15 is 0 Å². The number of aliphatic hydroxyl groups excluding tert-OH is 1. The maximum atomic E-state index is 9.08. The molecular formula is C17H22N2O. The molecular weight excluding hydrogens is 248 g/mol. The van der Waals surface area contributed by atoms with Gasteiger partial charge in [-0.05, 0) is 43.0 Å². The summed E-state index contributed by atoms with van der Waals surface area (Å²) >= 11 is 0. The lowest BCUT2D eigenvalue weighted by molar-refractivity contribution is 0.272. The van der Waals surface area contributed by atoms with Gasteiger partial charge in [0.25, 0.3) is 0 Å². The first-order chi connectivity index (χ1) is 9.81. The highest BCUT2D eigenvalue weighted by Gasteiger charge is 2.14. The van der Waals surface area contributed by atoms with Gasteiger partial charge in [-0.3, -0.25) is 4.98 Å². The van der Waals surface area contributed by atoms with Gasteiger partial charge < -0.3 is 10.4 Å². The van der Waals surface area contributed by atoms with Crippen LogP contribution in [0.2, 0.25) is 0 Å². The average Bonchev–Trinajstić information content (AvgIpc) is 2.53. The molecule has 0 bridgehead atoms. The Balaban J connectivity index is 2.08. The molecule has 20 heavy (non-hydrogen) atoms. The van der Waals surface area contributed by atoms with Crippen LogP contribution < -0.4 is 5.32 Å². The highest BCUT2D eigenvalue weighted by Crippen LogP contribution is 2.23. The third-order valence-electron chi connectivity index (χ3n) is 3.51. The first-order valence-electron chi connectivity index (χ1n) is 7.13. The lowest BCUT2D eigenvalue weighted by atomic mass is 10.00. The van der Waals surface area contributed by atoms with E-state index in [0.717, 1.165) is 12.8 Å². The summed E-state index contributed by atoms with van der Waals surface area (Å²) in [5.41, 5.74) is 2.49. The minimum absolute atomic E-state index is 0.231. The van der Waals surface area contributed by atoms with E-state index in [9.17, 15) is 0 Å². The van der Waals surface area contributed by atoms with Crippen LogP contribution in [0.3, 0.4) is 0 Å². The highest BCUT2D eigenvalue weighted by atomic mass is 16.2. The van der Waals surface area contributed by atoms with Crippen molar-refractivity contribution in [3.05, 3.63) is 66.0 Å². The van der Waals surface area contributed by atoms with Gasteiger partial charge in [0.15, 0.2) is 0 Å². The van der Waals surface area contributed by atoms with Crippen molar-refractivity contribution >= 4 is 0 Å². The summed E-state index contributed by atoms with van der Waals surface area (Å²) in [7, 11) is 0. The molecule has 2 N–H and O–H groups in total. The summed E-state index contributed by atoms with van der Waals surface area (Å²) in [6.07, 6.45) is 5.36. The first kappa shape index (κ1) is 14.7. The molecule has 0 saturated carbocycles. The number of hydrogen-bond donors (Lipinski definition) is 2. The van der Waals surface area contributed by atoms with Crippen molar-refractivity contribution in [1.29, 1.82) is 0 Å². The minimum Gasteiger partial charge on any atom is -0.396 e. The number of benzene rings is 1. The van der Waals surface area contributed by atoms with Gasteiger partial charge >= 0.3 is 0 Å². The van der Waals surface area contributed by atoms with Gasteiger partial charge in [-0.25, -0.2) is 0 Å². The van der Waals surface area contributed by atoms with Crippen LogP contribution in [0.1, 0.15) is 43.0 Å². The molecule has 0 radical (unpaired) electrons. The van der Waals surface area contributed by atoms with Gasteiger partial charge in [-0.2, -0.15) is 0 Å². The predicted octanol–water partition coefficient (Wildman–Crippen LogP) is 3.25. The summed E-state index contributed by atoms with van der Waals surface area (Å²) in [6, 6.07) is 15.0. The SMILES string of the molecule is CC(NC(CCCO)c1ccccc1)c1ccncc1. The van der Waals surface area contributed by atoms with E-state index in [1.807, 2.05) is 30.6 Å². The number of aromatic nitrogens is 1. The normalized spacial score (nSPS) is 13.9. The van der Waals surface area contributed by atoms with E-state index in [2.05, 4.69) is 41.5 Å². The third-order valence-corrected chi connectivity index (χ3v) is 3.51. The predicted molar refractivity (Wildman–Crippen MR) is 81.3 cm³/mol. The number of pyridine rings is 1. The molecule has 1 aromatic carbocycles. The fourth-order valence-electron chi connectivity index (χ4n) is 2.38. The average molecular weight is 270 g/mol. The summed E-state index contributed by atoms with van der Waals surface area (Å²) in [6.45, 7) is 2.39. The van der Waals surface area contributed by atoms with E-state index in [-0.39, 0.29) is 18.7 Å². The third kappa shape index (κ3) is 4.15. The summed E-state index contributed by atoms with van der Waals surface area (Å²) in [5, 5.41) is 12.7. The van der Waals surface area contributed by atoms with Gasteiger partial charge in [-0.15, -0.1) is 0 Å². The molecule has 0 saturated heterocycles. The molecule has 2 atom stereocenters. The zero-order chi connectivity index (χ0) is 14.2. The Labute approximate surface area is 120 Å². The van der Waals surface area contributed by atoms with E-state index in [1.54, 1.807) is 0 Å². The van der Waals surface area contributed by atoms with E-state index < -0.39 is 0 Å². The second-order valence-corrected chi connectivity index (χ2v) is 5.00. The molecule has 3 heteroatoms. The molecule has 0 amide bonds. The lowest BCUT2D eigenvalue weighted by Crippen LogP contribution is -2.25. The molecule has 2 aromatic rings. The Bertz CT molecular complexity index is 487. The molecule has 0 aliphatic carbocycles. The number of nitrogens with zero attached hydrogens (tertiary/aromatic N) is 1. The van der Waals surface area contributed by atoms with Crippen LogP contribution in [0.5, 0.6) is 0 Å². The van der Waals surface area contributed by atoms with Crippen molar-refractivity contribution in [2.75, 3.05) is 6.61 Å². The first-order valence-corrected chi connectivity index (χ1v) is 7.13. The van der Waals surface area contributed by atoms with Gasteiger partial charge in [0.1, 0.15) is 0 Å². The second kappa shape index (κ2) is 7.78. The van der Waals surface area contributed by atoms with Crippen LogP contribution in [0.25, 0.3) is 0 Å². The molecule has 1 heterocycles. The summed E-state index contributed by atoms with van der Waals surface area (Å²) in [4.78, 5) is 4.05. The molecule has 2 unspecified atom stereocenters. The number of hydrogen-bond acceptors (Lipinski definition) is 3. The van der Waals surface area contributed by atoms with Gasteiger partial charge in [0.05, 0.1) is 0 Å². The van der Waals surface area contributed by atoms with Crippen LogP contribution in [-0.4, -0.2) is 16.7 Å². The van der Waals surface area contributed by atoms with Crippen molar-refractivity contribution in [3.8, 4) is 0 Å². The second-order valence-electron chi connectivity index (χ2n) is 5.00. The maximum Gasteiger partial charge on any atom is 0.0431 e. The van der Waals surface area contributed by atoms with Crippen LogP contribution in [0.4, 0.5) is 0 Å². The molecule has 3 nitrogen and oxygen atoms in total. The quantitative estimate of drug-likeness (QED) is 0.812. The maximum absolute atomic E-state index is 9.08. The fraction of sp³-hybridized carbons (Fsp3) is 0.353. The molecule has 0 fully saturated rings. The van der Waals surface area contributed by atoms with Crippen LogP contribution in [0, 0.1) is 0 Å². The van der Waals surface area contributed by atoms with E-state index in [1.165, 1.54) is 11.1 Å². The minimum atomic E-state index is 0.231.